The molecule has 0 unspecified atom stereocenters. The fourth-order valence-electron chi connectivity index (χ4n) is 2.36. The van der Waals surface area contributed by atoms with Gasteiger partial charge in [0.1, 0.15) is 0 Å². The van der Waals surface area contributed by atoms with Gasteiger partial charge in [0.25, 0.3) is 0 Å². The van der Waals surface area contributed by atoms with Crippen LogP contribution < -0.4 is 5.32 Å². The Bertz CT molecular complexity index is 308. The van der Waals surface area contributed by atoms with E-state index in [1.165, 1.54) is 6.08 Å². The zero-order valence-electron chi connectivity index (χ0n) is 9.32. The molecule has 1 N–H and O–H groups in total. The first-order valence-electron chi connectivity index (χ1n) is 5.68. The van der Waals surface area contributed by atoms with Crippen LogP contribution in [0.1, 0.15) is 12.8 Å². The molecule has 0 aromatic heterocycles. The molecule has 2 aliphatic heterocycles. The van der Waals surface area contributed by atoms with Crippen LogP contribution in [0.5, 0.6) is 0 Å². The summed E-state index contributed by atoms with van der Waals surface area (Å²) >= 11 is 0. The molecule has 5 nitrogen and oxygen atoms in total. The number of carbonyl (C=O) groups excluding carboxylic acids is 2. The van der Waals surface area contributed by atoms with Crippen LogP contribution in [0, 0.1) is 0 Å². The molecule has 2 heterocycles. The second kappa shape index (κ2) is 4.55. The summed E-state index contributed by atoms with van der Waals surface area (Å²) in [5.74, 6) is -0.00989. The first kappa shape index (κ1) is 11.0. The van der Waals surface area contributed by atoms with Crippen LogP contribution in [-0.2, 0) is 4.79 Å². The lowest BCUT2D eigenvalue weighted by molar-refractivity contribution is -0.127. The minimum atomic E-state index is -0.00989. The summed E-state index contributed by atoms with van der Waals surface area (Å²) < 4.78 is 0. The van der Waals surface area contributed by atoms with Gasteiger partial charge in [-0.25, -0.2) is 4.79 Å². The Kier molecular flexibility index (Phi) is 3.12. The number of hydrogen-bond acceptors (Lipinski definition) is 2. The SMILES string of the molecule is C=CC(=O)N1CCC(N2CCNC2=O)CC1. The van der Waals surface area contributed by atoms with Crippen molar-refractivity contribution in [2.45, 2.75) is 18.9 Å². The number of carbonyl (C=O) groups is 2. The highest BCUT2D eigenvalue weighted by molar-refractivity contribution is 5.87. The van der Waals surface area contributed by atoms with Crippen LogP contribution in [0.3, 0.4) is 0 Å². The van der Waals surface area contributed by atoms with Gasteiger partial charge < -0.3 is 15.1 Å². The van der Waals surface area contributed by atoms with Crippen LogP contribution in [-0.4, -0.2) is 54.0 Å². The number of amides is 3. The maximum absolute atomic E-state index is 11.5. The van der Waals surface area contributed by atoms with Gasteiger partial charge in [-0.05, 0) is 18.9 Å². The van der Waals surface area contributed by atoms with E-state index in [-0.39, 0.29) is 18.0 Å². The van der Waals surface area contributed by atoms with Crippen molar-refractivity contribution < 1.29 is 9.59 Å². The quantitative estimate of drug-likeness (QED) is 0.679. The lowest BCUT2D eigenvalue weighted by Gasteiger charge is -2.35. The first-order valence-corrected chi connectivity index (χ1v) is 5.68. The topological polar surface area (TPSA) is 52.7 Å². The van der Waals surface area contributed by atoms with Gasteiger partial charge in [0, 0.05) is 32.2 Å². The molecule has 0 aromatic carbocycles. The Morgan fingerprint density at radius 3 is 2.56 bits per heavy atom. The third kappa shape index (κ3) is 2.03. The molecule has 16 heavy (non-hydrogen) atoms. The van der Waals surface area contributed by atoms with E-state index in [0.717, 1.165) is 39.0 Å². The Morgan fingerprint density at radius 2 is 2.06 bits per heavy atom. The average molecular weight is 223 g/mol. The average Bonchev–Trinajstić information content (AvgIpc) is 2.75. The number of nitrogens with one attached hydrogen (secondary N) is 1. The molecule has 2 fully saturated rings. The van der Waals surface area contributed by atoms with E-state index in [4.69, 9.17) is 0 Å². The predicted molar refractivity (Wildman–Crippen MR) is 59.9 cm³/mol. The van der Waals surface area contributed by atoms with Crippen LogP contribution >= 0.6 is 0 Å². The monoisotopic (exact) mass is 223 g/mol. The Labute approximate surface area is 95.1 Å². The van der Waals surface area contributed by atoms with Crippen molar-refractivity contribution in [3.05, 3.63) is 12.7 Å². The molecule has 2 saturated heterocycles. The maximum atomic E-state index is 11.5. The number of urea groups is 1. The first-order chi connectivity index (χ1) is 7.72. The molecule has 0 atom stereocenters. The molecular formula is C11H17N3O2. The molecule has 88 valence electrons. The van der Waals surface area contributed by atoms with Crippen LogP contribution in [0.2, 0.25) is 0 Å². The van der Waals surface area contributed by atoms with E-state index in [1.54, 1.807) is 4.90 Å². The highest BCUT2D eigenvalue weighted by Gasteiger charge is 2.31. The lowest BCUT2D eigenvalue weighted by atomic mass is 10.0. The van der Waals surface area contributed by atoms with E-state index in [9.17, 15) is 9.59 Å². The molecule has 2 rings (SSSR count). The second-order valence-corrected chi connectivity index (χ2v) is 4.19. The fourth-order valence-corrected chi connectivity index (χ4v) is 2.36. The van der Waals surface area contributed by atoms with Crippen LogP contribution in [0.25, 0.3) is 0 Å². The number of rotatable bonds is 2. The molecule has 0 aliphatic carbocycles. The van der Waals surface area contributed by atoms with Crippen molar-refractivity contribution in [3.63, 3.8) is 0 Å². The minimum Gasteiger partial charge on any atom is -0.339 e. The van der Waals surface area contributed by atoms with Gasteiger partial charge in [0.2, 0.25) is 5.91 Å². The Balaban J connectivity index is 1.87. The molecule has 0 aromatic rings. The van der Waals surface area contributed by atoms with Gasteiger partial charge in [0.15, 0.2) is 0 Å². The van der Waals surface area contributed by atoms with Gasteiger partial charge in [-0.2, -0.15) is 0 Å². The van der Waals surface area contributed by atoms with Gasteiger partial charge in [-0.3, -0.25) is 4.79 Å². The molecule has 5 heteroatoms. The van der Waals surface area contributed by atoms with Gasteiger partial charge in [-0.1, -0.05) is 6.58 Å². The standard InChI is InChI=1S/C11H17N3O2/c1-2-10(15)13-6-3-9(4-7-13)14-8-5-12-11(14)16/h2,9H,1,3-8H2,(H,12,16). The highest BCUT2D eigenvalue weighted by atomic mass is 16.2. The van der Waals surface area contributed by atoms with E-state index in [0.29, 0.717) is 0 Å². The van der Waals surface area contributed by atoms with Crippen LogP contribution in [0.4, 0.5) is 4.79 Å². The molecular weight excluding hydrogens is 206 g/mol. The molecule has 2 aliphatic rings. The highest BCUT2D eigenvalue weighted by Crippen LogP contribution is 2.18. The van der Waals surface area contributed by atoms with Crippen molar-refractivity contribution in [3.8, 4) is 0 Å². The van der Waals surface area contributed by atoms with Crippen molar-refractivity contribution in [1.82, 2.24) is 15.1 Å². The molecule has 0 bridgehead atoms. The number of piperidine rings is 1. The Morgan fingerprint density at radius 1 is 1.38 bits per heavy atom. The largest absolute Gasteiger partial charge is 0.339 e. The van der Waals surface area contributed by atoms with Crippen molar-refractivity contribution in [2.75, 3.05) is 26.2 Å². The second-order valence-electron chi connectivity index (χ2n) is 4.19. The summed E-state index contributed by atoms with van der Waals surface area (Å²) in [4.78, 5) is 26.5. The van der Waals surface area contributed by atoms with Crippen LogP contribution in [0.15, 0.2) is 12.7 Å². The minimum absolute atomic E-state index is 0.00989. The third-order valence-corrected chi connectivity index (χ3v) is 3.28. The zero-order valence-corrected chi connectivity index (χ0v) is 9.32. The molecule has 0 radical (unpaired) electrons. The molecule has 3 amide bonds. The zero-order chi connectivity index (χ0) is 11.5. The maximum Gasteiger partial charge on any atom is 0.317 e. The summed E-state index contributed by atoms with van der Waals surface area (Å²) in [5, 5.41) is 2.80. The van der Waals surface area contributed by atoms with Crippen molar-refractivity contribution >= 4 is 11.9 Å². The van der Waals surface area contributed by atoms with Gasteiger partial charge >= 0.3 is 6.03 Å². The summed E-state index contributed by atoms with van der Waals surface area (Å²) in [5.41, 5.74) is 0. The predicted octanol–water partition coefficient (Wildman–Crippen LogP) is 0.189. The van der Waals surface area contributed by atoms with Crippen molar-refractivity contribution in [1.29, 1.82) is 0 Å². The van der Waals surface area contributed by atoms with Gasteiger partial charge in [-0.15, -0.1) is 0 Å². The Hall–Kier alpha value is -1.52. The number of nitrogens with zero attached hydrogens (tertiary/aromatic N) is 2. The molecule has 0 spiro atoms. The van der Waals surface area contributed by atoms with Gasteiger partial charge in [0.05, 0.1) is 0 Å². The number of likely N-dealkylation sites (tertiary alicyclic amines) is 1. The molecule has 0 saturated carbocycles. The summed E-state index contributed by atoms with van der Waals surface area (Å²) in [6.45, 7) is 6.45. The van der Waals surface area contributed by atoms with Crippen molar-refractivity contribution in [2.24, 2.45) is 0 Å². The normalized spacial score (nSPS) is 22.1. The van der Waals surface area contributed by atoms with E-state index in [2.05, 4.69) is 11.9 Å². The van der Waals surface area contributed by atoms with E-state index >= 15 is 0 Å². The van der Waals surface area contributed by atoms with E-state index in [1.807, 2.05) is 4.90 Å². The number of hydrogen-bond donors (Lipinski definition) is 1. The smallest absolute Gasteiger partial charge is 0.317 e. The summed E-state index contributed by atoms with van der Waals surface area (Å²) in [6, 6.07) is 0.324. The fraction of sp³-hybridized carbons (Fsp3) is 0.636. The van der Waals surface area contributed by atoms with E-state index < -0.39 is 0 Å². The summed E-state index contributed by atoms with van der Waals surface area (Å²) in [6.07, 6.45) is 3.09. The lowest BCUT2D eigenvalue weighted by Crippen LogP contribution is -2.47. The third-order valence-electron chi connectivity index (χ3n) is 3.28. The summed E-state index contributed by atoms with van der Waals surface area (Å²) in [7, 11) is 0.